The van der Waals surface area contributed by atoms with Crippen LogP contribution < -0.4 is 5.32 Å². The van der Waals surface area contributed by atoms with Gasteiger partial charge in [0.05, 0.1) is 0 Å². The molecule has 0 radical (unpaired) electrons. The van der Waals surface area contributed by atoms with Gasteiger partial charge in [0.2, 0.25) is 0 Å². The number of fused-ring (bicyclic) bond motifs is 2. The summed E-state index contributed by atoms with van der Waals surface area (Å²) in [4.78, 5) is 14.2. The first-order valence-electron chi connectivity index (χ1n) is 7.22. The van der Waals surface area contributed by atoms with Crippen LogP contribution in [0.15, 0.2) is 0 Å². The first kappa shape index (κ1) is 11.7. The Kier molecular flexibility index (Phi) is 3.22. The summed E-state index contributed by atoms with van der Waals surface area (Å²) in [6.07, 6.45) is 6.22. The van der Waals surface area contributed by atoms with Crippen molar-refractivity contribution in [3.8, 4) is 0 Å². The third kappa shape index (κ3) is 2.27. The van der Waals surface area contributed by atoms with E-state index in [2.05, 4.69) is 10.2 Å². The second-order valence-corrected chi connectivity index (χ2v) is 6.18. The number of hydrogen-bond acceptors (Lipinski definition) is 3. The monoisotopic (exact) mass is 236 g/mol. The van der Waals surface area contributed by atoms with Crippen molar-refractivity contribution in [3.63, 3.8) is 0 Å². The summed E-state index contributed by atoms with van der Waals surface area (Å²) >= 11 is 0. The average molecular weight is 236 g/mol. The van der Waals surface area contributed by atoms with E-state index in [-0.39, 0.29) is 0 Å². The van der Waals surface area contributed by atoms with Gasteiger partial charge in [0.15, 0.2) is 0 Å². The Labute approximate surface area is 104 Å². The molecule has 0 saturated carbocycles. The lowest BCUT2D eigenvalue weighted by atomic mass is 9.76. The van der Waals surface area contributed by atoms with Crippen LogP contribution in [0.3, 0.4) is 0 Å². The number of carbonyl (C=O) groups is 1. The Hall–Kier alpha value is -0.410. The Morgan fingerprint density at radius 2 is 2.18 bits per heavy atom. The van der Waals surface area contributed by atoms with E-state index in [1.807, 2.05) is 0 Å². The summed E-state index contributed by atoms with van der Waals surface area (Å²) in [5.41, 5.74) is 0. The molecule has 3 saturated heterocycles. The van der Waals surface area contributed by atoms with Crippen molar-refractivity contribution in [1.82, 2.24) is 10.2 Å². The average Bonchev–Trinajstić information content (AvgIpc) is 2.35. The maximum atomic E-state index is 11.5. The quantitative estimate of drug-likeness (QED) is 0.747. The maximum Gasteiger partial charge on any atom is 0.133 e. The largest absolute Gasteiger partial charge is 0.314 e. The standard InChI is InChI=1S/C14H24N2O/c1-10(17)11-4-6-16-9-12-3-2-5-15-14(12)8-13(16)7-11/h11-15H,2-9H2,1H3. The molecule has 0 aromatic heterocycles. The lowest BCUT2D eigenvalue weighted by Crippen LogP contribution is -2.58. The summed E-state index contributed by atoms with van der Waals surface area (Å²) in [7, 11) is 0. The van der Waals surface area contributed by atoms with Crippen LogP contribution in [0.4, 0.5) is 0 Å². The molecule has 1 N–H and O–H groups in total. The van der Waals surface area contributed by atoms with Gasteiger partial charge in [0.1, 0.15) is 5.78 Å². The zero-order chi connectivity index (χ0) is 11.8. The van der Waals surface area contributed by atoms with Crippen LogP contribution in [0.5, 0.6) is 0 Å². The minimum Gasteiger partial charge on any atom is -0.314 e. The van der Waals surface area contributed by atoms with E-state index in [1.165, 1.54) is 32.4 Å². The fraction of sp³-hybridized carbons (Fsp3) is 0.929. The Balaban J connectivity index is 1.66. The van der Waals surface area contributed by atoms with E-state index < -0.39 is 0 Å². The summed E-state index contributed by atoms with van der Waals surface area (Å²) in [6.45, 7) is 5.39. The molecule has 0 aliphatic carbocycles. The molecule has 0 aromatic rings. The lowest BCUT2D eigenvalue weighted by molar-refractivity contribution is -0.123. The van der Waals surface area contributed by atoms with Crippen molar-refractivity contribution in [3.05, 3.63) is 0 Å². The topological polar surface area (TPSA) is 32.3 Å². The molecule has 3 rings (SSSR count). The van der Waals surface area contributed by atoms with Crippen molar-refractivity contribution in [1.29, 1.82) is 0 Å². The van der Waals surface area contributed by atoms with Crippen molar-refractivity contribution in [2.75, 3.05) is 19.6 Å². The molecule has 3 heterocycles. The highest BCUT2D eigenvalue weighted by Gasteiger charge is 2.40. The lowest BCUT2D eigenvalue weighted by Gasteiger charge is -2.49. The molecule has 0 amide bonds. The van der Waals surface area contributed by atoms with Crippen molar-refractivity contribution in [2.45, 2.75) is 51.1 Å². The molecule has 4 unspecified atom stereocenters. The van der Waals surface area contributed by atoms with Crippen molar-refractivity contribution >= 4 is 5.78 Å². The van der Waals surface area contributed by atoms with Gasteiger partial charge >= 0.3 is 0 Å². The van der Waals surface area contributed by atoms with E-state index in [0.717, 1.165) is 31.3 Å². The van der Waals surface area contributed by atoms with E-state index in [1.54, 1.807) is 6.92 Å². The Morgan fingerprint density at radius 1 is 1.29 bits per heavy atom. The molecule has 3 heteroatoms. The molecule has 0 aromatic carbocycles. The minimum absolute atomic E-state index is 0.344. The Bertz CT molecular complexity index is 305. The number of carbonyl (C=O) groups excluding carboxylic acids is 1. The smallest absolute Gasteiger partial charge is 0.133 e. The number of ketones is 1. The molecule has 0 bridgehead atoms. The number of rotatable bonds is 1. The van der Waals surface area contributed by atoms with Gasteiger partial charge in [-0.15, -0.1) is 0 Å². The number of hydrogen-bond donors (Lipinski definition) is 1. The summed E-state index contributed by atoms with van der Waals surface area (Å²) in [6, 6.07) is 1.40. The second-order valence-electron chi connectivity index (χ2n) is 6.18. The maximum absolute atomic E-state index is 11.5. The van der Waals surface area contributed by atoms with E-state index in [4.69, 9.17) is 0 Å². The Morgan fingerprint density at radius 3 is 3.00 bits per heavy atom. The van der Waals surface area contributed by atoms with Gasteiger partial charge in [-0.2, -0.15) is 0 Å². The van der Waals surface area contributed by atoms with Gasteiger partial charge in [-0.3, -0.25) is 9.69 Å². The normalized spacial score (nSPS) is 42.6. The van der Waals surface area contributed by atoms with Gasteiger partial charge in [0, 0.05) is 24.5 Å². The highest BCUT2D eigenvalue weighted by Crippen LogP contribution is 2.35. The van der Waals surface area contributed by atoms with Crippen LogP contribution in [-0.2, 0) is 4.79 Å². The van der Waals surface area contributed by atoms with Crippen LogP contribution in [0.1, 0.15) is 39.0 Å². The molecule has 17 heavy (non-hydrogen) atoms. The molecule has 3 nitrogen and oxygen atoms in total. The summed E-state index contributed by atoms with van der Waals surface area (Å²) in [5, 5.41) is 3.69. The molecule has 3 fully saturated rings. The van der Waals surface area contributed by atoms with E-state index in [9.17, 15) is 4.79 Å². The number of nitrogens with zero attached hydrogens (tertiary/aromatic N) is 1. The predicted molar refractivity (Wildman–Crippen MR) is 67.9 cm³/mol. The van der Waals surface area contributed by atoms with Crippen molar-refractivity contribution < 1.29 is 4.79 Å². The van der Waals surface area contributed by atoms with Gasteiger partial charge in [-0.25, -0.2) is 0 Å². The number of piperidine rings is 3. The first-order valence-corrected chi connectivity index (χ1v) is 7.22. The number of nitrogens with one attached hydrogen (secondary N) is 1. The minimum atomic E-state index is 0.344. The van der Waals surface area contributed by atoms with E-state index >= 15 is 0 Å². The van der Waals surface area contributed by atoms with Crippen LogP contribution in [-0.4, -0.2) is 42.4 Å². The van der Waals surface area contributed by atoms with Gasteiger partial charge < -0.3 is 5.32 Å². The van der Waals surface area contributed by atoms with E-state index in [0.29, 0.717) is 17.7 Å². The second kappa shape index (κ2) is 4.69. The van der Waals surface area contributed by atoms with Crippen LogP contribution in [0.25, 0.3) is 0 Å². The SMILES string of the molecule is CC(=O)C1CCN2CC3CCCNC3CC2C1. The highest BCUT2D eigenvalue weighted by molar-refractivity contribution is 5.78. The fourth-order valence-corrected chi connectivity index (χ4v) is 4.06. The summed E-state index contributed by atoms with van der Waals surface area (Å²) < 4.78 is 0. The van der Waals surface area contributed by atoms with Crippen LogP contribution in [0, 0.1) is 11.8 Å². The molecule has 0 spiro atoms. The molecule has 4 atom stereocenters. The highest BCUT2D eigenvalue weighted by atomic mass is 16.1. The van der Waals surface area contributed by atoms with Gasteiger partial charge in [-0.1, -0.05) is 0 Å². The molecule has 3 aliphatic rings. The first-order chi connectivity index (χ1) is 8.24. The third-order valence-corrected chi connectivity index (χ3v) is 5.13. The van der Waals surface area contributed by atoms with Gasteiger partial charge in [0.25, 0.3) is 0 Å². The van der Waals surface area contributed by atoms with Crippen LogP contribution in [0.2, 0.25) is 0 Å². The fourth-order valence-electron chi connectivity index (χ4n) is 4.06. The molecule has 96 valence electrons. The molecular formula is C14H24N2O. The third-order valence-electron chi connectivity index (χ3n) is 5.13. The molecule has 3 aliphatic heterocycles. The zero-order valence-electron chi connectivity index (χ0n) is 10.8. The number of Topliss-reactive ketones (excluding diaryl/α,β-unsaturated/α-hetero) is 1. The van der Waals surface area contributed by atoms with Crippen LogP contribution >= 0.6 is 0 Å². The van der Waals surface area contributed by atoms with Gasteiger partial charge in [-0.05, 0) is 58.0 Å². The van der Waals surface area contributed by atoms with Crippen molar-refractivity contribution in [2.24, 2.45) is 11.8 Å². The predicted octanol–water partition coefficient (Wildman–Crippen LogP) is 1.43. The summed E-state index contributed by atoms with van der Waals surface area (Å²) in [5.74, 6) is 1.62. The molecular weight excluding hydrogens is 212 g/mol. The zero-order valence-corrected chi connectivity index (χ0v) is 10.8.